The molecule has 0 bridgehead atoms. The highest BCUT2D eigenvalue weighted by Gasteiger charge is 2.23. The predicted octanol–water partition coefficient (Wildman–Crippen LogP) is 3.65. The van der Waals surface area contributed by atoms with Crippen LogP contribution in [-0.2, 0) is 4.79 Å². The van der Waals surface area contributed by atoms with Crippen LogP contribution < -0.4 is 10.6 Å². The fraction of sp³-hybridized carbons (Fsp3) is 0.318. The molecule has 2 amide bonds. The van der Waals surface area contributed by atoms with Crippen molar-refractivity contribution < 1.29 is 14.0 Å². The quantitative estimate of drug-likeness (QED) is 0.545. The molecule has 2 N–H and O–H groups in total. The van der Waals surface area contributed by atoms with Gasteiger partial charge in [0.15, 0.2) is 0 Å². The number of carbonyl (C=O) groups excluding carboxylic acids is 2. The minimum absolute atomic E-state index is 0.0642. The van der Waals surface area contributed by atoms with E-state index in [0.29, 0.717) is 38.9 Å². The van der Waals surface area contributed by atoms with Gasteiger partial charge >= 0.3 is 0 Å². The Morgan fingerprint density at radius 3 is 2.80 bits per heavy atom. The first-order valence-electron chi connectivity index (χ1n) is 9.93. The Bertz CT molecular complexity index is 997. The molecule has 3 heterocycles. The SMILES string of the molecule is CN1CCCCC1CNC(=O)c1ccc(-c2ccc(C=C3SC(=S)NC3=O)o2)cc1. The van der Waals surface area contributed by atoms with Gasteiger partial charge in [-0.25, -0.2) is 0 Å². The molecule has 0 spiro atoms. The first-order chi connectivity index (χ1) is 14.5. The van der Waals surface area contributed by atoms with Crippen molar-refractivity contribution in [1.82, 2.24) is 15.5 Å². The summed E-state index contributed by atoms with van der Waals surface area (Å²) in [5.41, 5.74) is 1.49. The van der Waals surface area contributed by atoms with Crippen LogP contribution in [0.1, 0.15) is 35.4 Å². The molecule has 8 heteroatoms. The normalized spacial score (nSPS) is 21.1. The Balaban J connectivity index is 1.38. The predicted molar refractivity (Wildman–Crippen MR) is 123 cm³/mol. The van der Waals surface area contributed by atoms with E-state index in [1.165, 1.54) is 24.6 Å². The van der Waals surface area contributed by atoms with Gasteiger partial charge in [0.1, 0.15) is 15.8 Å². The second-order valence-electron chi connectivity index (χ2n) is 7.47. The molecule has 1 atom stereocenters. The number of thiocarbonyl (C=S) groups is 1. The summed E-state index contributed by atoms with van der Waals surface area (Å²) in [4.78, 5) is 27.1. The third-order valence-corrected chi connectivity index (χ3v) is 6.56. The highest BCUT2D eigenvalue weighted by atomic mass is 32.2. The van der Waals surface area contributed by atoms with Crippen LogP contribution in [0.3, 0.4) is 0 Å². The van der Waals surface area contributed by atoms with Crippen LogP contribution in [0.15, 0.2) is 45.7 Å². The summed E-state index contributed by atoms with van der Waals surface area (Å²) < 4.78 is 6.28. The van der Waals surface area contributed by atoms with E-state index in [1.54, 1.807) is 24.3 Å². The highest BCUT2D eigenvalue weighted by molar-refractivity contribution is 8.26. The average Bonchev–Trinajstić information content (AvgIpc) is 3.33. The van der Waals surface area contributed by atoms with Crippen molar-refractivity contribution >= 4 is 46.2 Å². The Kier molecular flexibility index (Phi) is 6.36. The molecular formula is C22H23N3O3S2. The van der Waals surface area contributed by atoms with Crippen molar-refractivity contribution in [2.75, 3.05) is 20.1 Å². The number of benzene rings is 1. The van der Waals surface area contributed by atoms with E-state index in [2.05, 4.69) is 22.6 Å². The largest absolute Gasteiger partial charge is 0.457 e. The number of hydrogen-bond donors (Lipinski definition) is 2. The molecule has 0 saturated carbocycles. The fourth-order valence-corrected chi connectivity index (χ4v) is 4.66. The van der Waals surface area contributed by atoms with Crippen LogP contribution in [-0.4, -0.2) is 47.2 Å². The summed E-state index contributed by atoms with van der Waals surface area (Å²) in [7, 11) is 2.12. The number of nitrogens with zero attached hydrogens (tertiary/aromatic N) is 1. The molecule has 1 aromatic carbocycles. The van der Waals surface area contributed by atoms with E-state index >= 15 is 0 Å². The zero-order valence-corrected chi connectivity index (χ0v) is 18.3. The monoisotopic (exact) mass is 441 g/mol. The lowest BCUT2D eigenvalue weighted by Crippen LogP contribution is -2.44. The number of likely N-dealkylation sites (N-methyl/N-ethyl adjacent to an activating group) is 1. The number of hydrogen-bond acceptors (Lipinski definition) is 6. The minimum Gasteiger partial charge on any atom is -0.457 e. The highest BCUT2D eigenvalue weighted by Crippen LogP contribution is 2.29. The Morgan fingerprint density at radius 1 is 1.30 bits per heavy atom. The lowest BCUT2D eigenvalue weighted by atomic mass is 10.0. The van der Waals surface area contributed by atoms with Crippen LogP contribution in [0, 0.1) is 0 Å². The Hall–Kier alpha value is -2.42. The number of amides is 2. The van der Waals surface area contributed by atoms with Gasteiger partial charge in [-0.3, -0.25) is 9.59 Å². The van der Waals surface area contributed by atoms with Crippen molar-refractivity contribution in [2.45, 2.75) is 25.3 Å². The first kappa shape index (κ1) is 20.8. The Morgan fingerprint density at radius 2 is 2.10 bits per heavy atom. The van der Waals surface area contributed by atoms with Gasteiger partial charge < -0.3 is 20.0 Å². The van der Waals surface area contributed by atoms with Gasteiger partial charge in [-0.2, -0.15) is 0 Å². The maximum Gasteiger partial charge on any atom is 0.263 e. The third kappa shape index (κ3) is 4.83. The second-order valence-corrected chi connectivity index (χ2v) is 9.19. The maximum absolute atomic E-state index is 12.5. The van der Waals surface area contributed by atoms with Crippen LogP contribution >= 0.6 is 24.0 Å². The summed E-state index contributed by atoms with van der Waals surface area (Å²) >= 11 is 6.21. The molecule has 6 nitrogen and oxygen atoms in total. The zero-order chi connectivity index (χ0) is 21.1. The molecule has 2 aromatic rings. The standard InChI is InChI=1S/C22H23N3O3S2/c1-25-11-3-2-4-16(25)13-23-20(26)15-7-5-14(6-8-15)18-10-9-17(28-18)12-19-21(27)24-22(29)30-19/h5-10,12,16H,2-4,11,13H2,1H3,(H,23,26)(H,24,27,29). The summed E-state index contributed by atoms with van der Waals surface area (Å²) in [5, 5.41) is 5.63. The molecule has 2 saturated heterocycles. The summed E-state index contributed by atoms with van der Waals surface area (Å²) in [6.45, 7) is 1.76. The molecule has 4 rings (SSSR count). The summed E-state index contributed by atoms with van der Waals surface area (Å²) in [5.74, 6) is 0.970. The topological polar surface area (TPSA) is 74.6 Å². The molecule has 0 radical (unpaired) electrons. The van der Waals surface area contributed by atoms with E-state index in [9.17, 15) is 9.59 Å². The second kappa shape index (κ2) is 9.16. The lowest BCUT2D eigenvalue weighted by molar-refractivity contribution is -0.115. The van der Waals surface area contributed by atoms with E-state index < -0.39 is 0 Å². The Labute approximate surface area is 185 Å². The van der Waals surface area contributed by atoms with Crippen molar-refractivity contribution in [3.63, 3.8) is 0 Å². The molecular weight excluding hydrogens is 418 g/mol. The molecule has 1 aromatic heterocycles. The van der Waals surface area contributed by atoms with E-state index in [-0.39, 0.29) is 11.8 Å². The number of thioether (sulfide) groups is 1. The molecule has 0 aliphatic carbocycles. The fourth-order valence-electron chi connectivity index (χ4n) is 3.64. The molecule has 30 heavy (non-hydrogen) atoms. The van der Waals surface area contributed by atoms with Crippen LogP contribution in [0.4, 0.5) is 0 Å². The molecule has 1 unspecified atom stereocenters. The summed E-state index contributed by atoms with van der Waals surface area (Å²) in [6.07, 6.45) is 5.25. The van der Waals surface area contributed by atoms with Crippen LogP contribution in [0.2, 0.25) is 0 Å². The molecule has 2 fully saturated rings. The zero-order valence-electron chi connectivity index (χ0n) is 16.6. The van der Waals surface area contributed by atoms with Crippen molar-refractivity contribution in [1.29, 1.82) is 0 Å². The van der Waals surface area contributed by atoms with E-state index in [1.807, 2.05) is 18.2 Å². The third-order valence-electron chi connectivity index (χ3n) is 5.39. The number of carbonyl (C=O) groups is 2. The first-order valence-corrected chi connectivity index (χ1v) is 11.2. The smallest absolute Gasteiger partial charge is 0.263 e. The van der Waals surface area contributed by atoms with Gasteiger partial charge in [-0.05, 0) is 50.7 Å². The minimum atomic E-state index is -0.210. The molecule has 2 aliphatic rings. The number of rotatable bonds is 5. The number of furan rings is 1. The van der Waals surface area contributed by atoms with Crippen LogP contribution in [0.5, 0.6) is 0 Å². The average molecular weight is 442 g/mol. The van der Waals surface area contributed by atoms with Gasteiger partial charge in [0.2, 0.25) is 0 Å². The summed E-state index contributed by atoms with van der Waals surface area (Å²) in [6, 6.07) is 11.4. The number of likely N-dealkylation sites (tertiary alicyclic amines) is 1. The van der Waals surface area contributed by atoms with Crippen molar-refractivity contribution in [3.05, 3.63) is 52.6 Å². The molecule has 2 aliphatic heterocycles. The van der Waals surface area contributed by atoms with Crippen LogP contribution in [0.25, 0.3) is 17.4 Å². The van der Waals surface area contributed by atoms with Gasteiger partial charge in [0.05, 0.1) is 4.91 Å². The lowest BCUT2D eigenvalue weighted by Gasteiger charge is -2.32. The van der Waals surface area contributed by atoms with Crippen molar-refractivity contribution in [3.8, 4) is 11.3 Å². The van der Waals surface area contributed by atoms with Gasteiger partial charge in [-0.1, -0.05) is 42.5 Å². The van der Waals surface area contributed by atoms with E-state index in [0.717, 1.165) is 18.5 Å². The molecule has 156 valence electrons. The van der Waals surface area contributed by atoms with E-state index in [4.69, 9.17) is 16.6 Å². The van der Waals surface area contributed by atoms with Gasteiger partial charge in [0, 0.05) is 29.8 Å². The van der Waals surface area contributed by atoms with Gasteiger partial charge in [0.25, 0.3) is 11.8 Å². The maximum atomic E-state index is 12.5. The number of nitrogens with one attached hydrogen (secondary N) is 2. The number of piperidine rings is 1. The van der Waals surface area contributed by atoms with Crippen molar-refractivity contribution in [2.24, 2.45) is 0 Å². The van der Waals surface area contributed by atoms with Gasteiger partial charge in [-0.15, -0.1) is 0 Å².